The van der Waals surface area contributed by atoms with Crippen LogP contribution in [0.2, 0.25) is 5.15 Å². The summed E-state index contributed by atoms with van der Waals surface area (Å²) in [6.07, 6.45) is 3.15. The molecular weight excluding hydrogens is 435 g/mol. The first-order chi connectivity index (χ1) is 15.4. The van der Waals surface area contributed by atoms with E-state index in [2.05, 4.69) is 9.97 Å². The van der Waals surface area contributed by atoms with Gasteiger partial charge in [0.2, 0.25) is 5.88 Å². The van der Waals surface area contributed by atoms with E-state index in [1.165, 1.54) is 30.0 Å². The predicted octanol–water partition coefficient (Wildman–Crippen LogP) is 3.17. The highest BCUT2D eigenvalue weighted by Gasteiger charge is 2.29. The molecule has 10 heteroatoms. The molecule has 3 heterocycles. The van der Waals surface area contributed by atoms with E-state index in [0.29, 0.717) is 30.2 Å². The fraction of sp³-hybridized carbons (Fsp3) is 0.273. The zero-order chi connectivity index (χ0) is 22.8. The van der Waals surface area contributed by atoms with Crippen molar-refractivity contribution in [3.8, 4) is 29.0 Å². The van der Waals surface area contributed by atoms with Crippen LogP contribution in [0.5, 0.6) is 5.88 Å². The van der Waals surface area contributed by atoms with Gasteiger partial charge >= 0.3 is 0 Å². The smallest absolute Gasteiger partial charge is 0.275 e. The number of nitriles is 1. The Balaban J connectivity index is 1.85. The standard InChI is InChI=1S/C22H20ClFN6O2/c1-32-18-7-6-16(11-27-18)30-20(23)19(22(31)29-8-2-3-15(26)12-29)28-21(30)13-4-5-14(10-25)17(24)9-13/h4-7,9,11,15H,2-3,8,12,26H2,1H3/t15-/m1/s1. The van der Waals surface area contributed by atoms with Gasteiger partial charge < -0.3 is 15.4 Å². The third-order valence-electron chi connectivity index (χ3n) is 5.30. The van der Waals surface area contributed by atoms with Crippen molar-refractivity contribution in [1.29, 1.82) is 5.26 Å². The van der Waals surface area contributed by atoms with Gasteiger partial charge in [-0.2, -0.15) is 5.26 Å². The molecule has 2 N–H and O–H groups in total. The minimum absolute atomic E-state index is 0.0383. The Morgan fingerprint density at radius 2 is 2.19 bits per heavy atom. The highest BCUT2D eigenvalue weighted by atomic mass is 35.5. The summed E-state index contributed by atoms with van der Waals surface area (Å²) in [6.45, 7) is 0.966. The lowest BCUT2D eigenvalue weighted by molar-refractivity contribution is 0.0703. The van der Waals surface area contributed by atoms with Crippen LogP contribution in [0.25, 0.3) is 17.1 Å². The van der Waals surface area contributed by atoms with Crippen molar-refractivity contribution in [2.24, 2.45) is 5.73 Å². The van der Waals surface area contributed by atoms with Gasteiger partial charge in [0.05, 0.1) is 24.6 Å². The molecule has 1 aliphatic rings. The molecule has 0 unspecified atom stereocenters. The third-order valence-corrected chi connectivity index (χ3v) is 5.65. The van der Waals surface area contributed by atoms with Crippen LogP contribution in [0.1, 0.15) is 28.9 Å². The van der Waals surface area contributed by atoms with E-state index in [0.717, 1.165) is 12.8 Å². The lowest BCUT2D eigenvalue weighted by atomic mass is 10.1. The Morgan fingerprint density at radius 1 is 1.38 bits per heavy atom. The van der Waals surface area contributed by atoms with Crippen LogP contribution in [-0.2, 0) is 0 Å². The monoisotopic (exact) mass is 454 g/mol. The zero-order valence-electron chi connectivity index (χ0n) is 17.3. The maximum atomic E-state index is 14.4. The van der Waals surface area contributed by atoms with Crippen molar-refractivity contribution >= 4 is 17.5 Å². The fourth-order valence-electron chi connectivity index (χ4n) is 3.68. The molecule has 1 amide bonds. The van der Waals surface area contributed by atoms with Crippen molar-refractivity contribution in [2.75, 3.05) is 20.2 Å². The molecule has 0 spiro atoms. The summed E-state index contributed by atoms with van der Waals surface area (Å²) < 4.78 is 21.0. The molecule has 1 aliphatic heterocycles. The molecule has 32 heavy (non-hydrogen) atoms. The van der Waals surface area contributed by atoms with Crippen molar-refractivity contribution < 1.29 is 13.9 Å². The molecular formula is C22H20ClFN6O2. The number of carbonyl (C=O) groups excluding carboxylic acids is 1. The maximum Gasteiger partial charge on any atom is 0.275 e. The number of likely N-dealkylation sites (tertiary alicyclic amines) is 1. The highest BCUT2D eigenvalue weighted by molar-refractivity contribution is 6.33. The first-order valence-electron chi connectivity index (χ1n) is 9.96. The quantitative estimate of drug-likeness (QED) is 0.648. The number of imidazole rings is 1. The average molecular weight is 455 g/mol. The Morgan fingerprint density at radius 3 is 2.81 bits per heavy atom. The van der Waals surface area contributed by atoms with Gasteiger partial charge in [0.25, 0.3) is 5.91 Å². The second kappa shape index (κ2) is 8.94. The number of nitrogens with zero attached hydrogens (tertiary/aromatic N) is 5. The molecule has 1 aromatic carbocycles. The van der Waals surface area contributed by atoms with E-state index in [-0.39, 0.29) is 34.2 Å². The van der Waals surface area contributed by atoms with Crippen molar-refractivity contribution in [2.45, 2.75) is 18.9 Å². The number of nitrogens with two attached hydrogens (primary N) is 1. The van der Waals surface area contributed by atoms with Crippen molar-refractivity contribution in [3.05, 3.63) is 58.8 Å². The van der Waals surface area contributed by atoms with E-state index in [1.54, 1.807) is 29.2 Å². The van der Waals surface area contributed by atoms with Gasteiger partial charge in [-0.25, -0.2) is 14.4 Å². The van der Waals surface area contributed by atoms with E-state index in [4.69, 9.17) is 27.3 Å². The van der Waals surface area contributed by atoms with Gasteiger partial charge in [-0.3, -0.25) is 9.36 Å². The summed E-state index contributed by atoms with van der Waals surface area (Å²) in [5.74, 6) is -0.399. The highest BCUT2D eigenvalue weighted by Crippen LogP contribution is 2.32. The number of pyridine rings is 1. The molecule has 2 aromatic heterocycles. The number of ether oxygens (including phenoxy) is 1. The van der Waals surface area contributed by atoms with Crippen LogP contribution in [0, 0.1) is 17.1 Å². The number of methoxy groups -OCH3 is 1. The minimum Gasteiger partial charge on any atom is -0.481 e. The molecule has 1 atom stereocenters. The number of amides is 1. The third kappa shape index (κ3) is 4.02. The number of aromatic nitrogens is 3. The number of hydrogen-bond donors (Lipinski definition) is 1. The Bertz CT molecular complexity index is 1200. The van der Waals surface area contributed by atoms with Crippen LogP contribution in [0.15, 0.2) is 36.5 Å². The number of piperidine rings is 1. The Kier molecular flexibility index (Phi) is 6.08. The molecule has 3 aromatic rings. The van der Waals surface area contributed by atoms with E-state index in [9.17, 15) is 9.18 Å². The summed E-state index contributed by atoms with van der Waals surface area (Å²) >= 11 is 6.65. The summed E-state index contributed by atoms with van der Waals surface area (Å²) in [5.41, 5.74) is 6.84. The van der Waals surface area contributed by atoms with E-state index in [1.807, 2.05) is 0 Å². The maximum absolute atomic E-state index is 14.4. The van der Waals surface area contributed by atoms with E-state index < -0.39 is 5.82 Å². The number of rotatable bonds is 4. The number of carbonyl (C=O) groups is 1. The van der Waals surface area contributed by atoms with Crippen LogP contribution in [-0.4, -0.2) is 51.6 Å². The minimum atomic E-state index is -0.696. The molecule has 1 fully saturated rings. The molecule has 0 radical (unpaired) electrons. The van der Waals surface area contributed by atoms with Gasteiger partial charge in [0, 0.05) is 30.8 Å². The summed E-state index contributed by atoms with van der Waals surface area (Å²) in [7, 11) is 1.50. The van der Waals surface area contributed by atoms with Crippen LogP contribution in [0.3, 0.4) is 0 Å². The largest absolute Gasteiger partial charge is 0.481 e. The molecule has 0 saturated carbocycles. The Labute approximate surface area is 189 Å². The van der Waals surface area contributed by atoms with Gasteiger partial charge in [-0.15, -0.1) is 0 Å². The Hall–Kier alpha value is -3.48. The zero-order valence-corrected chi connectivity index (χ0v) is 18.0. The molecule has 164 valence electrons. The first kappa shape index (κ1) is 21.7. The number of halogens is 2. The summed E-state index contributed by atoms with van der Waals surface area (Å²) in [4.78, 5) is 23.5. The van der Waals surface area contributed by atoms with Crippen LogP contribution < -0.4 is 10.5 Å². The topological polar surface area (TPSA) is 110 Å². The first-order valence-corrected chi connectivity index (χ1v) is 10.3. The molecule has 4 rings (SSSR count). The van der Waals surface area contributed by atoms with Gasteiger partial charge in [0.15, 0.2) is 5.69 Å². The molecule has 1 saturated heterocycles. The second-order valence-corrected chi connectivity index (χ2v) is 7.79. The SMILES string of the molecule is COc1ccc(-n2c(-c3ccc(C#N)c(F)c3)nc(C(=O)N3CCC[C@@H](N)C3)c2Cl)cn1. The van der Waals surface area contributed by atoms with Gasteiger partial charge in [-0.05, 0) is 37.1 Å². The summed E-state index contributed by atoms with van der Waals surface area (Å²) in [5, 5.41) is 9.11. The van der Waals surface area contributed by atoms with Gasteiger partial charge in [0.1, 0.15) is 22.9 Å². The lowest BCUT2D eigenvalue weighted by Crippen LogP contribution is -2.45. The molecule has 0 bridgehead atoms. The fourth-order valence-corrected chi connectivity index (χ4v) is 3.98. The number of benzene rings is 1. The number of hydrogen-bond acceptors (Lipinski definition) is 6. The van der Waals surface area contributed by atoms with Crippen molar-refractivity contribution in [3.63, 3.8) is 0 Å². The van der Waals surface area contributed by atoms with Crippen molar-refractivity contribution in [1.82, 2.24) is 19.4 Å². The van der Waals surface area contributed by atoms with Crippen LogP contribution >= 0.6 is 11.6 Å². The van der Waals surface area contributed by atoms with Crippen LogP contribution in [0.4, 0.5) is 4.39 Å². The normalized spacial score (nSPS) is 16.0. The molecule has 8 nitrogen and oxygen atoms in total. The second-order valence-electron chi connectivity index (χ2n) is 7.43. The lowest BCUT2D eigenvalue weighted by Gasteiger charge is -2.30. The molecule has 0 aliphatic carbocycles. The van der Waals surface area contributed by atoms with E-state index >= 15 is 0 Å². The average Bonchev–Trinajstić information content (AvgIpc) is 3.15. The van der Waals surface area contributed by atoms with Gasteiger partial charge in [-0.1, -0.05) is 11.6 Å². The summed E-state index contributed by atoms with van der Waals surface area (Å²) in [6, 6.07) is 9.13. The predicted molar refractivity (Wildman–Crippen MR) is 116 cm³/mol.